The molecule has 166 valence electrons. The third-order valence-corrected chi connectivity index (χ3v) is 8.19. The monoisotopic (exact) mass is 431 g/mol. The highest BCUT2D eigenvalue weighted by Gasteiger charge is 2.41. The van der Waals surface area contributed by atoms with Gasteiger partial charge in [-0.1, -0.05) is 36.8 Å². The van der Waals surface area contributed by atoms with Crippen LogP contribution < -0.4 is 0 Å². The van der Waals surface area contributed by atoms with Gasteiger partial charge in [0.25, 0.3) is 0 Å². The first-order chi connectivity index (χ1) is 15.7. The fourth-order valence-corrected chi connectivity index (χ4v) is 6.58. The summed E-state index contributed by atoms with van der Waals surface area (Å²) in [7, 11) is 0. The van der Waals surface area contributed by atoms with Gasteiger partial charge in [0, 0.05) is 31.1 Å². The molecule has 1 aliphatic heterocycles. The maximum Gasteiger partial charge on any atom is 0.222 e. The van der Waals surface area contributed by atoms with Crippen LogP contribution in [0.4, 0.5) is 4.39 Å². The summed E-state index contributed by atoms with van der Waals surface area (Å²) in [6.45, 7) is 1.54. The van der Waals surface area contributed by atoms with Gasteiger partial charge < -0.3 is 9.47 Å². The number of halogens is 1. The minimum atomic E-state index is -0.239. The van der Waals surface area contributed by atoms with Crippen molar-refractivity contribution in [2.45, 2.75) is 51.0 Å². The predicted molar refractivity (Wildman–Crippen MR) is 124 cm³/mol. The van der Waals surface area contributed by atoms with E-state index in [-0.39, 0.29) is 11.9 Å². The molecular formula is C27H30FN3O. The molecule has 0 unspecified atom stereocenters. The Labute approximate surface area is 188 Å². The minimum Gasteiger partial charge on any atom is -0.343 e. The predicted octanol–water partition coefficient (Wildman–Crippen LogP) is 5.83. The summed E-state index contributed by atoms with van der Waals surface area (Å²) in [5.74, 6) is 3.28. The molecule has 0 N–H and O–H groups in total. The molecule has 1 amide bonds. The Bertz CT molecular complexity index is 1130. The third-order valence-electron chi connectivity index (χ3n) is 8.19. The van der Waals surface area contributed by atoms with E-state index in [0.717, 1.165) is 66.6 Å². The number of carbonyl (C=O) groups is 1. The summed E-state index contributed by atoms with van der Waals surface area (Å²) in [6.07, 6.45) is 7.82. The summed E-state index contributed by atoms with van der Waals surface area (Å²) in [4.78, 5) is 20.0. The summed E-state index contributed by atoms with van der Waals surface area (Å²) in [6, 6.07) is 15.2. The standard InChI is InChI=1S/C27H30FN3O/c28-22-8-9-24-25(17-22)31(27(29-24)19-4-2-1-3-5-19)23-10-12-30(13-11-23)26(32)16-21-15-18-6-7-20(21)14-18/h1-5,8-9,17-18,20-21,23H,6-7,10-16H2/t18-,20+,21-/m1/s1. The number of hydrogen-bond acceptors (Lipinski definition) is 2. The Morgan fingerprint density at radius 2 is 1.81 bits per heavy atom. The smallest absolute Gasteiger partial charge is 0.222 e. The van der Waals surface area contributed by atoms with E-state index in [9.17, 15) is 9.18 Å². The summed E-state index contributed by atoms with van der Waals surface area (Å²) in [5.41, 5.74) is 2.70. The van der Waals surface area contributed by atoms with Crippen LogP contribution in [0.15, 0.2) is 48.5 Å². The SMILES string of the molecule is O=C(C[C@H]1C[C@@H]2CC[C@H]1C2)N1CCC(n2c(-c3ccccc3)nc3ccc(F)cc32)CC1. The van der Waals surface area contributed by atoms with Crippen LogP contribution in [0.1, 0.15) is 51.0 Å². The molecule has 3 atom stereocenters. The normalized spacial score (nSPS) is 25.7. The lowest BCUT2D eigenvalue weighted by Gasteiger charge is -2.35. The van der Waals surface area contributed by atoms with E-state index in [4.69, 9.17) is 4.98 Å². The molecule has 2 aromatic carbocycles. The molecule has 1 aromatic heterocycles. The Morgan fingerprint density at radius 3 is 2.53 bits per heavy atom. The van der Waals surface area contributed by atoms with Crippen molar-refractivity contribution in [1.29, 1.82) is 0 Å². The number of hydrogen-bond donors (Lipinski definition) is 0. The van der Waals surface area contributed by atoms with Crippen LogP contribution >= 0.6 is 0 Å². The Morgan fingerprint density at radius 1 is 1.00 bits per heavy atom. The van der Waals surface area contributed by atoms with Crippen LogP contribution in [0.2, 0.25) is 0 Å². The maximum absolute atomic E-state index is 14.1. The number of benzene rings is 2. The molecular weight excluding hydrogens is 401 g/mol. The maximum atomic E-state index is 14.1. The van der Waals surface area contributed by atoms with E-state index in [0.29, 0.717) is 11.8 Å². The van der Waals surface area contributed by atoms with Crippen LogP contribution in [0, 0.1) is 23.6 Å². The number of likely N-dealkylation sites (tertiary alicyclic amines) is 1. The van der Waals surface area contributed by atoms with Crippen molar-refractivity contribution in [2.75, 3.05) is 13.1 Å². The minimum absolute atomic E-state index is 0.212. The van der Waals surface area contributed by atoms with Gasteiger partial charge in [-0.15, -0.1) is 0 Å². The van der Waals surface area contributed by atoms with E-state index >= 15 is 0 Å². The quantitative estimate of drug-likeness (QED) is 0.521. The largest absolute Gasteiger partial charge is 0.343 e. The van der Waals surface area contributed by atoms with Gasteiger partial charge in [0.1, 0.15) is 11.6 Å². The first-order valence-corrected chi connectivity index (χ1v) is 12.2. The number of nitrogens with zero attached hydrogens (tertiary/aromatic N) is 3. The van der Waals surface area contributed by atoms with Crippen molar-refractivity contribution >= 4 is 16.9 Å². The van der Waals surface area contributed by atoms with E-state index in [1.165, 1.54) is 31.7 Å². The number of carbonyl (C=O) groups excluding carboxylic acids is 1. The van der Waals surface area contributed by atoms with E-state index in [2.05, 4.69) is 21.6 Å². The second-order valence-electron chi connectivity index (χ2n) is 10.1. The molecule has 0 radical (unpaired) electrons. The van der Waals surface area contributed by atoms with Crippen LogP contribution in [-0.4, -0.2) is 33.4 Å². The molecule has 3 fully saturated rings. The number of fused-ring (bicyclic) bond motifs is 3. The zero-order valence-electron chi connectivity index (χ0n) is 18.4. The van der Waals surface area contributed by atoms with Gasteiger partial charge >= 0.3 is 0 Å². The van der Waals surface area contributed by atoms with Gasteiger partial charge in [0.15, 0.2) is 0 Å². The molecule has 0 spiro atoms. The molecule has 2 saturated carbocycles. The van der Waals surface area contributed by atoms with Gasteiger partial charge in [-0.25, -0.2) is 9.37 Å². The molecule has 3 aliphatic rings. The second-order valence-corrected chi connectivity index (χ2v) is 10.1. The highest BCUT2D eigenvalue weighted by molar-refractivity contribution is 5.81. The molecule has 2 bridgehead atoms. The zero-order chi connectivity index (χ0) is 21.7. The van der Waals surface area contributed by atoms with Crippen LogP contribution in [0.5, 0.6) is 0 Å². The lowest BCUT2D eigenvalue weighted by molar-refractivity contribution is -0.133. The molecule has 32 heavy (non-hydrogen) atoms. The average molecular weight is 432 g/mol. The van der Waals surface area contributed by atoms with Crippen LogP contribution in [-0.2, 0) is 4.79 Å². The van der Waals surface area contributed by atoms with Crippen molar-refractivity contribution < 1.29 is 9.18 Å². The first-order valence-electron chi connectivity index (χ1n) is 12.2. The molecule has 3 aromatic rings. The number of imidazole rings is 1. The molecule has 4 nitrogen and oxygen atoms in total. The Kier molecular flexibility index (Phi) is 5.00. The zero-order valence-corrected chi connectivity index (χ0v) is 18.4. The van der Waals surface area contributed by atoms with Gasteiger partial charge in [-0.05, 0) is 68.1 Å². The van der Waals surface area contributed by atoms with E-state index < -0.39 is 0 Å². The summed E-state index contributed by atoms with van der Waals surface area (Å²) < 4.78 is 16.3. The van der Waals surface area contributed by atoms with Gasteiger partial charge in [0.2, 0.25) is 5.91 Å². The number of rotatable bonds is 4. The second kappa shape index (κ2) is 8.02. The van der Waals surface area contributed by atoms with Crippen molar-refractivity contribution in [1.82, 2.24) is 14.5 Å². The van der Waals surface area contributed by atoms with E-state index in [1.807, 2.05) is 18.2 Å². The summed E-state index contributed by atoms with van der Waals surface area (Å²) in [5, 5.41) is 0. The van der Waals surface area contributed by atoms with Crippen molar-refractivity contribution in [2.24, 2.45) is 17.8 Å². The number of aromatic nitrogens is 2. The fraction of sp³-hybridized carbons (Fsp3) is 0.481. The first kappa shape index (κ1) is 20.0. The highest BCUT2D eigenvalue weighted by Crippen LogP contribution is 2.49. The topological polar surface area (TPSA) is 38.1 Å². The van der Waals surface area contributed by atoms with Gasteiger partial charge in [-0.3, -0.25) is 4.79 Å². The molecule has 1 saturated heterocycles. The van der Waals surface area contributed by atoms with Crippen molar-refractivity contribution in [3.8, 4) is 11.4 Å². The molecule has 2 aliphatic carbocycles. The van der Waals surface area contributed by atoms with Gasteiger partial charge in [-0.2, -0.15) is 0 Å². The number of piperidine rings is 1. The summed E-state index contributed by atoms with van der Waals surface area (Å²) >= 11 is 0. The molecule has 2 heterocycles. The van der Waals surface area contributed by atoms with Crippen molar-refractivity contribution in [3.05, 3.63) is 54.3 Å². The fourth-order valence-electron chi connectivity index (χ4n) is 6.58. The third kappa shape index (κ3) is 3.52. The number of amides is 1. The molecule has 5 heteroatoms. The lowest BCUT2D eigenvalue weighted by atomic mass is 9.86. The van der Waals surface area contributed by atoms with Crippen molar-refractivity contribution in [3.63, 3.8) is 0 Å². The van der Waals surface area contributed by atoms with Crippen LogP contribution in [0.3, 0.4) is 0 Å². The van der Waals surface area contributed by atoms with E-state index in [1.54, 1.807) is 12.1 Å². The Hall–Kier alpha value is -2.69. The lowest BCUT2D eigenvalue weighted by Crippen LogP contribution is -2.40. The highest BCUT2D eigenvalue weighted by atomic mass is 19.1. The average Bonchev–Trinajstić information content (AvgIpc) is 3.54. The Balaban J connectivity index is 1.22. The van der Waals surface area contributed by atoms with Gasteiger partial charge in [0.05, 0.1) is 11.0 Å². The van der Waals surface area contributed by atoms with Crippen LogP contribution in [0.25, 0.3) is 22.4 Å². The molecule has 6 rings (SSSR count).